The second-order valence-corrected chi connectivity index (χ2v) is 6.98. The van der Waals surface area contributed by atoms with Crippen molar-refractivity contribution in [2.45, 2.75) is 32.3 Å². The van der Waals surface area contributed by atoms with Crippen LogP contribution in [0.15, 0.2) is 73.5 Å². The van der Waals surface area contributed by atoms with E-state index >= 15 is 0 Å². The smallest absolute Gasteiger partial charge is 0.120 e. The number of ether oxygens (including phenoxy) is 1. The number of nitrogens with zero attached hydrogens (tertiary/aromatic N) is 1. The van der Waals surface area contributed by atoms with Gasteiger partial charge in [-0.1, -0.05) is 43.0 Å². The van der Waals surface area contributed by atoms with Gasteiger partial charge < -0.3 is 9.84 Å². The van der Waals surface area contributed by atoms with Crippen LogP contribution in [0.1, 0.15) is 31.9 Å². The molecule has 1 unspecified atom stereocenters. The van der Waals surface area contributed by atoms with Gasteiger partial charge in [-0.05, 0) is 72.9 Å². The predicted octanol–water partition coefficient (Wildman–Crippen LogP) is 6.03. The molecule has 0 radical (unpaired) electrons. The van der Waals surface area contributed by atoms with Crippen molar-refractivity contribution in [3.8, 4) is 16.9 Å². The fourth-order valence-corrected chi connectivity index (χ4v) is 3.06. The Kier molecular flexibility index (Phi) is 6.99. The maximum atomic E-state index is 9.28. The van der Waals surface area contributed by atoms with Crippen molar-refractivity contribution in [1.82, 2.24) is 4.98 Å². The fourth-order valence-electron chi connectivity index (χ4n) is 3.06. The summed E-state index contributed by atoms with van der Waals surface area (Å²) in [5.41, 5.74) is 3.19. The third-order valence-electron chi connectivity index (χ3n) is 4.58. The summed E-state index contributed by atoms with van der Waals surface area (Å²) in [6.45, 7) is 6.01. The summed E-state index contributed by atoms with van der Waals surface area (Å²) in [7, 11) is 0. The minimum absolute atomic E-state index is 0.223. The molecule has 1 heterocycles. The third-order valence-corrected chi connectivity index (χ3v) is 4.58. The number of allylic oxidation sites excluding steroid dienone is 1. The fraction of sp³-hybridized carbons (Fsp3) is 0.240. The minimum Gasteiger partial charge on any atom is -0.490 e. The van der Waals surface area contributed by atoms with E-state index in [0.717, 1.165) is 47.2 Å². The lowest BCUT2D eigenvalue weighted by Gasteiger charge is -2.07. The first-order valence-corrected chi connectivity index (χ1v) is 9.74. The molecule has 0 fully saturated rings. The zero-order valence-corrected chi connectivity index (χ0v) is 16.3. The second kappa shape index (κ2) is 9.86. The highest BCUT2D eigenvalue weighted by Gasteiger charge is 2.02. The van der Waals surface area contributed by atoms with Crippen molar-refractivity contribution >= 4 is 16.8 Å². The highest BCUT2D eigenvalue weighted by molar-refractivity contribution is 5.88. The summed E-state index contributed by atoms with van der Waals surface area (Å²) in [5, 5.41) is 11.6. The van der Waals surface area contributed by atoms with Crippen molar-refractivity contribution in [3.05, 3.63) is 79.2 Å². The molecule has 3 nitrogen and oxygen atoms in total. The van der Waals surface area contributed by atoms with Crippen LogP contribution in [-0.4, -0.2) is 22.8 Å². The molecule has 0 saturated carbocycles. The summed E-state index contributed by atoms with van der Waals surface area (Å²) in [6, 6.07) is 16.7. The Morgan fingerprint density at radius 3 is 2.61 bits per heavy atom. The average Bonchev–Trinajstić information content (AvgIpc) is 2.71. The van der Waals surface area contributed by atoms with Gasteiger partial charge in [0.1, 0.15) is 12.4 Å². The first kappa shape index (κ1) is 19.8. The molecule has 0 saturated heterocycles. The zero-order valence-electron chi connectivity index (χ0n) is 16.3. The van der Waals surface area contributed by atoms with E-state index in [1.54, 1.807) is 6.08 Å². The van der Waals surface area contributed by atoms with Crippen LogP contribution >= 0.6 is 0 Å². The Hall–Kier alpha value is -2.91. The summed E-state index contributed by atoms with van der Waals surface area (Å²) >= 11 is 0. The quantitative estimate of drug-likeness (QED) is 0.368. The highest BCUT2D eigenvalue weighted by Crippen LogP contribution is 2.27. The Labute approximate surface area is 167 Å². The van der Waals surface area contributed by atoms with Crippen LogP contribution in [-0.2, 0) is 0 Å². The molecule has 3 rings (SSSR count). The molecular weight excluding hydrogens is 346 g/mol. The largest absolute Gasteiger partial charge is 0.490 e. The van der Waals surface area contributed by atoms with E-state index in [-0.39, 0.29) is 6.10 Å². The summed E-state index contributed by atoms with van der Waals surface area (Å²) in [6.07, 6.45) is 10.4. The predicted molar refractivity (Wildman–Crippen MR) is 117 cm³/mol. The van der Waals surface area contributed by atoms with Crippen LogP contribution in [0.25, 0.3) is 28.0 Å². The molecular formula is C25H27NO2. The number of unbranched alkanes of at least 4 members (excludes halogenated alkanes) is 1. The van der Waals surface area contributed by atoms with Crippen LogP contribution in [0.2, 0.25) is 0 Å². The van der Waals surface area contributed by atoms with Crippen molar-refractivity contribution in [1.29, 1.82) is 0 Å². The van der Waals surface area contributed by atoms with Crippen molar-refractivity contribution < 1.29 is 9.84 Å². The van der Waals surface area contributed by atoms with Gasteiger partial charge in [0, 0.05) is 11.8 Å². The van der Waals surface area contributed by atoms with Gasteiger partial charge in [0.15, 0.2) is 0 Å². The number of fused-ring (bicyclic) bond motifs is 1. The monoisotopic (exact) mass is 373 g/mol. The Balaban J connectivity index is 1.68. The van der Waals surface area contributed by atoms with E-state index in [1.807, 2.05) is 37.4 Å². The average molecular weight is 373 g/mol. The lowest BCUT2D eigenvalue weighted by atomic mass is 10.0. The lowest BCUT2D eigenvalue weighted by Crippen LogP contribution is -1.97. The second-order valence-electron chi connectivity index (χ2n) is 6.98. The number of benzene rings is 2. The molecule has 1 aromatic heterocycles. The van der Waals surface area contributed by atoms with E-state index in [9.17, 15) is 5.11 Å². The van der Waals surface area contributed by atoms with Gasteiger partial charge in [-0.15, -0.1) is 0 Å². The van der Waals surface area contributed by atoms with Gasteiger partial charge in [-0.3, -0.25) is 4.98 Å². The maximum Gasteiger partial charge on any atom is 0.120 e. The Morgan fingerprint density at radius 2 is 1.86 bits per heavy atom. The first-order valence-electron chi connectivity index (χ1n) is 9.74. The number of rotatable bonds is 9. The molecule has 1 atom stereocenters. The minimum atomic E-state index is -0.223. The first-order chi connectivity index (χ1) is 13.7. The Bertz CT molecular complexity index is 942. The van der Waals surface area contributed by atoms with Crippen LogP contribution in [0.5, 0.6) is 5.75 Å². The molecule has 0 aliphatic rings. The summed E-state index contributed by atoms with van der Waals surface area (Å²) in [4.78, 5) is 4.55. The maximum absolute atomic E-state index is 9.28. The van der Waals surface area contributed by atoms with E-state index in [2.05, 4.69) is 48.0 Å². The third kappa shape index (κ3) is 5.54. The molecule has 0 bridgehead atoms. The molecule has 0 spiro atoms. The van der Waals surface area contributed by atoms with Crippen LogP contribution in [0.4, 0.5) is 0 Å². The standard InChI is InChI=1S/C25H27NO2/c1-3-15-28-25-14-12-20-16-21(9-10-22(20)17-25)23-11-13-24(26-18-23)8-6-4-5-7-19(2)27/h3,6,8-14,16-19,27H,1,4-5,7,15H2,2H3/b8-6+. The van der Waals surface area contributed by atoms with Gasteiger partial charge in [0.2, 0.25) is 0 Å². The number of hydrogen-bond acceptors (Lipinski definition) is 3. The van der Waals surface area contributed by atoms with Gasteiger partial charge in [0.25, 0.3) is 0 Å². The Morgan fingerprint density at radius 1 is 1.07 bits per heavy atom. The van der Waals surface area contributed by atoms with Gasteiger partial charge in [0.05, 0.1) is 11.8 Å². The van der Waals surface area contributed by atoms with E-state index in [4.69, 9.17) is 4.74 Å². The summed E-state index contributed by atoms with van der Waals surface area (Å²) < 4.78 is 5.60. The number of aliphatic hydroxyl groups is 1. The normalized spacial score (nSPS) is 12.4. The van der Waals surface area contributed by atoms with Crippen LogP contribution in [0, 0.1) is 0 Å². The molecule has 0 amide bonds. The molecule has 1 N–H and O–H groups in total. The van der Waals surface area contributed by atoms with Crippen molar-refractivity contribution in [2.24, 2.45) is 0 Å². The van der Waals surface area contributed by atoms with Crippen molar-refractivity contribution in [2.75, 3.05) is 6.61 Å². The lowest BCUT2D eigenvalue weighted by molar-refractivity contribution is 0.182. The molecule has 3 aromatic rings. The zero-order chi connectivity index (χ0) is 19.8. The number of pyridine rings is 1. The van der Waals surface area contributed by atoms with E-state index < -0.39 is 0 Å². The van der Waals surface area contributed by atoms with Gasteiger partial charge in [-0.2, -0.15) is 0 Å². The SMILES string of the molecule is C=CCOc1ccc2cc(-c3ccc(/C=C/CCCC(C)O)nc3)ccc2c1. The topological polar surface area (TPSA) is 42.4 Å². The molecule has 3 heteroatoms. The van der Waals surface area contributed by atoms with Gasteiger partial charge in [-0.25, -0.2) is 0 Å². The van der Waals surface area contributed by atoms with E-state index in [0.29, 0.717) is 6.61 Å². The highest BCUT2D eigenvalue weighted by atomic mass is 16.5. The van der Waals surface area contributed by atoms with Crippen molar-refractivity contribution in [3.63, 3.8) is 0 Å². The van der Waals surface area contributed by atoms with Crippen LogP contribution < -0.4 is 4.74 Å². The molecule has 0 aliphatic carbocycles. The van der Waals surface area contributed by atoms with Crippen LogP contribution in [0.3, 0.4) is 0 Å². The molecule has 28 heavy (non-hydrogen) atoms. The van der Waals surface area contributed by atoms with E-state index in [1.165, 1.54) is 5.39 Å². The number of aliphatic hydroxyl groups excluding tert-OH is 1. The number of aromatic nitrogens is 1. The molecule has 0 aliphatic heterocycles. The van der Waals surface area contributed by atoms with Gasteiger partial charge >= 0.3 is 0 Å². The number of hydrogen-bond donors (Lipinski definition) is 1. The summed E-state index contributed by atoms with van der Waals surface area (Å²) in [5.74, 6) is 0.853. The molecule has 2 aromatic carbocycles. The molecule has 144 valence electrons.